The van der Waals surface area contributed by atoms with Gasteiger partial charge in [-0.15, -0.1) is 0 Å². The highest BCUT2D eigenvalue weighted by Crippen LogP contribution is 2.32. The minimum absolute atomic E-state index is 0.229. The molecule has 0 radical (unpaired) electrons. The minimum Gasteiger partial charge on any atom is -0.493 e. The largest absolute Gasteiger partial charge is 0.493 e. The molecule has 0 aliphatic carbocycles. The third-order valence-electron chi connectivity index (χ3n) is 3.42. The molecule has 0 saturated heterocycles. The summed E-state index contributed by atoms with van der Waals surface area (Å²) in [4.78, 5) is 23.8. The summed E-state index contributed by atoms with van der Waals surface area (Å²) in [5.74, 6) is 0.773. The predicted molar refractivity (Wildman–Crippen MR) is 97.1 cm³/mol. The zero-order valence-corrected chi connectivity index (χ0v) is 15.8. The quantitative estimate of drug-likeness (QED) is 0.419. The Bertz CT molecular complexity index is 551. The Morgan fingerprint density at radius 2 is 1.48 bits per heavy atom. The fourth-order valence-electron chi connectivity index (χ4n) is 1.99. The fraction of sp³-hybridized carbons (Fsp3) is 0.600. The average Bonchev–Trinajstić information content (AvgIpc) is 2.58. The van der Waals surface area contributed by atoms with Crippen molar-refractivity contribution in [3.05, 3.63) is 18.2 Å². The smallest absolute Gasteiger partial charge is 0.311 e. The van der Waals surface area contributed by atoms with Crippen molar-refractivity contribution in [1.29, 1.82) is 0 Å². The molecular weight excluding hydrogens is 320 g/mol. The number of carbonyl (C=O) groups is 2. The van der Waals surface area contributed by atoms with E-state index in [1.807, 2.05) is 13.8 Å². The first-order valence-corrected chi connectivity index (χ1v) is 9.14. The fourth-order valence-corrected chi connectivity index (χ4v) is 1.99. The number of benzene rings is 1. The van der Waals surface area contributed by atoms with Gasteiger partial charge < -0.3 is 14.2 Å². The maximum absolute atomic E-state index is 12.0. The Labute approximate surface area is 150 Å². The van der Waals surface area contributed by atoms with Crippen molar-refractivity contribution in [2.45, 2.75) is 66.2 Å². The van der Waals surface area contributed by atoms with Crippen LogP contribution < -0.4 is 14.2 Å². The van der Waals surface area contributed by atoms with Crippen molar-refractivity contribution in [3.63, 3.8) is 0 Å². The second-order valence-corrected chi connectivity index (χ2v) is 6.47. The number of ether oxygens (including phenoxy) is 3. The van der Waals surface area contributed by atoms with Crippen LogP contribution in [0.1, 0.15) is 66.2 Å². The van der Waals surface area contributed by atoms with Gasteiger partial charge in [0.2, 0.25) is 0 Å². The zero-order chi connectivity index (χ0) is 18.7. The van der Waals surface area contributed by atoms with Crippen LogP contribution in [-0.2, 0) is 9.59 Å². The van der Waals surface area contributed by atoms with Gasteiger partial charge in [0.1, 0.15) is 5.75 Å². The van der Waals surface area contributed by atoms with E-state index in [0.29, 0.717) is 31.1 Å². The van der Waals surface area contributed by atoms with Crippen LogP contribution >= 0.6 is 0 Å². The molecule has 0 bridgehead atoms. The average molecular weight is 350 g/mol. The first kappa shape index (κ1) is 21.0. The number of unbranched alkanes of at least 4 members (excludes halogenated alkanes) is 2. The van der Waals surface area contributed by atoms with Crippen molar-refractivity contribution in [1.82, 2.24) is 0 Å². The van der Waals surface area contributed by atoms with Gasteiger partial charge >= 0.3 is 11.9 Å². The first-order chi connectivity index (χ1) is 12.0. The Hall–Kier alpha value is -2.04. The SMILES string of the molecule is CCCCC(=O)Oc1ccc(OCC(C)C)cc1OC(=O)CCCC. The molecule has 1 rings (SSSR count). The molecule has 0 saturated carbocycles. The van der Waals surface area contributed by atoms with Gasteiger partial charge in [-0.3, -0.25) is 9.59 Å². The van der Waals surface area contributed by atoms with E-state index in [9.17, 15) is 9.59 Å². The summed E-state index contributed by atoms with van der Waals surface area (Å²) in [6.07, 6.45) is 4.01. The van der Waals surface area contributed by atoms with E-state index >= 15 is 0 Å². The molecule has 1 aromatic carbocycles. The third-order valence-corrected chi connectivity index (χ3v) is 3.42. The van der Waals surface area contributed by atoms with Crippen LogP contribution in [0, 0.1) is 5.92 Å². The van der Waals surface area contributed by atoms with Crippen molar-refractivity contribution in [2.24, 2.45) is 5.92 Å². The summed E-state index contributed by atoms with van der Waals surface area (Å²) in [5, 5.41) is 0. The van der Waals surface area contributed by atoms with Crippen LogP contribution in [0.5, 0.6) is 17.2 Å². The Balaban J connectivity index is 2.88. The predicted octanol–water partition coefficient (Wildman–Crippen LogP) is 4.91. The molecular formula is C20H30O5. The maximum Gasteiger partial charge on any atom is 0.311 e. The van der Waals surface area contributed by atoms with Gasteiger partial charge in [-0.2, -0.15) is 0 Å². The summed E-state index contributed by atoms with van der Waals surface area (Å²) in [5.41, 5.74) is 0. The molecule has 0 N–H and O–H groups in total. The molecule has 0 heterocycles. The molecule has 0 unspecified atom stereocenters. The second-order valence-electron chi connectivity index (χ2n) is 6.47. The van der Waals surface area contributed by atoms with E-state index < -0.39 is 0 Å². The minimum atomic E-state index is -0.339. The van der Waals surface area contributed by atoms with Crippen LogP contribution in [0.25, 0.3) is 0 Å². The van der Waals surface area contributed by atoms with Gasteiger partial charge in [0.15, 0.2) is 11.5 Å². The lowest BCUT2D eigenvalue weighted by Gasteiger charge is -2.14. The lowest BCUT2D eigenvalue weighted by molar-refractivity contribution is -0.137. The number of carbonyl (C=O) groups excluding carboxylic acids is 2. The topological polar surface area (TPSA) is 61.8 Å². The monoisotopic (exact) mass is 350 g/mol. The van der Waals surface area contributed by atoms with E-state index in [4.69, 9.17) is 14.2 Å². The second kappa shape index (κ2) is 11.5. The van der Waals surface area contributed by atoms with Crippen LogP contribution in [0.4, 0.5) is 0 Å². The third kappa shape index (κ3) is 8.57. The van der Waals surface area contributed by atoms with E-state index in [1.165, 1.54) is 0 Å². The van der Waals surface area contributed by atoms with Gasteiger partial charge in [-0.05, 0) is 30.9 Å². The number of esters is 2. The maximum atomic E-state index is 12.0. The van der Waals surface area contributed by atoms with Gasteiger partial charge in [-0.1, -0.05) is 40.5 Å². The molecule has 0 aliphatic rings. The lowest BCUT2D eigenvalue weighted by Crippen LogP contribution is -2.12. The number of hydrogen-bond acceptors (Lipinski definition) is 5. The van der Waals surface area contributed by atoms with E-state index in [2.05, 4.69) is 13.8 Å². The Morgan fingerprint density at radius 3 is 2.00 bits per heavy atom. The van der Waals surface area contributed by atoms with E-state index in [1.54, 1.807) is 18.2 Å². The van der Waals surface area contributed by atoms with Crippen LogP contribution in [0.3, 0.4) is 0 Å². The molecule has 5 heteroatoms. The summed E-state index contributed by atoms with van der Waals surface area (Å²) in [7, 11) is 0. The first-order valence-electron chi connectivity index (χ1n) is 9.14. The van der Waals surface area contributed by atoms with Crippen LogP contribution in [-0.4, -0.2) is 18.5 Å². The standard InChI is InChI=1S/C20H30O5/c1-5-7-9-19(21)24-17-12-11-16(23-14-15(3)4)13-18(17)25-20(22)10-8-6-2/h11-13,15H,5-10,14H2,1-4H3. The molecule has 25 heavy (non-hydrogen) atoms. The molecule has 0 aromatic heterocycles. The Morgan fingerprint density at radius 1 is 0.920 bits per heavy atom. The summed E-state index contributed by atoms with van der Waals surface area (Å²) in [6.45, 7) is 8.67. The molecule has 5 nitrogen and oxygen atoms in total. The molecule has 140 valence electrons. The van der Waals surface area contributed by atoms with Gasteiger partial charge in [0.05, 0.1) is 6.61 Å². The molecule has 0 atom stereocenters. The van der Waals surface area contributed by atoms with Gasteiger partial charge in [0.25, 0.3) is 0 Å². The van der Waals surface area contributed by atoms with Gasteiger partial charge in [0, 0.05) is 18.9 Å². The molecule has 0 fully saturated rings. The molecule has 0 amide bonds. The summed E-state index contributed by atoms with van der Waals surface area (Å²) >= 11 is 0. The lowest BCUT2D eigenvalue weighted by atomic mass is 10.2. The Kier molecular flexibility index (Phi) is 9.66. The van der Waals surface area contributed by atoms with Gasteiger partial charge in [-0.25, -0.2) is 0 Å². The number of rotatable bonds is 11. The van der Waals surface area contributed by atoms with Crippen molar-refractivity contribution >= 4 is 11.9 Å². The zero-order valence-electron chi connectivity index (χ0n) is 15.8. The van der Waals surface area contributed by atoms with E-state index in [-0.39, 0.29) is 23.4 Å². The molecule has 0 spiro atoms. The summed E-state index contributed by atoms with van der Waals surface area (Å²) in [6, 6.07) is 4.94. The highest BCUT2D eigenvalue weighted by Gasteiger charge is 2.15. The van der Waals surface area contributed by atoms with Crippen molar-refractivity contribution in [3.8, 4) is 17.2 Å². The highest BCUT2D eigenvalue weighted by molar-refractivity contribution is 5.76. The van der Waals surface area contributed by atoms with Crippen molar-refractivity contribution in [2.75, 3.05) is 6.61 Å². The normalized spacial score (nSPS) is 10.6. The summed E-state index contributed by atoms with van der Waals surface area (Å²) < 4.78 is 16.4. The highest BCUT2D eigenvalue weighted by atomic mass is 16.6. The number of hydrogen-bond donors (Lipinski definition) is 0. The molecule has 0 aliphatic heterocycles. The van der Waals surface area contributed by atoms with E-state index in [0.717, 1.165) is 25.7 Å². The van der Waals surface area contributed by atoms with Crippen molar-refractivity contribution < 1.29 is 23.8 Å². The van der Waals surface area contributed by atoms with Crippen LogP contribution in [0.2, 0.25) is 0 Å². The molecule has 1 aromatic rings. The van der Waals surface area contributed by atoms with Crippen LogP contribution in [0.15, 0.2) is 18.2 Å².